The largest absolute Gasteiger partial charge is 0.447 e. The molecule has 3 heterocycles. The summed E-state index contributed by atoms with van der Waals surface area (Å²) in [7, 11) is 0. The van der Waals surface area contributed by atoms with Crippen LogP contribution in [0.3, 0.4) is 0 Å². The molecule has 2 aliphatic rings. The summed E-state index contributed by atoms with van der Waals surface area (Å²) in [5.41, 5.74) is 0.624. The third-order valence-electron chi connectivity index (χ3n) is 6.94. The molecule has 2 aromatic rings. The van der Waals surface area contributed by atoms with Crippen molar-refractivity contribution in [3.8, 4) is 0 Å². The summed E-state index contributed by atoms with van der Waals surface area (Å²) in [6, 6.07) is 11.2. The van der Waals surface area contributed by atoms with Gasteiger partial charge >= 0.3 is 12.2 Å². The first-order chi connectivity index (χ1) is 18.1. The van der Waals surface area contributed by atoms with Gasteiger partial charge in [0, 0.05) is 25.3 Å². The number of nitrogens with one attached hydrogen (secondary N) is 1. The van der Waals surface area contributed by atoms with E-state index in [1.54, 1.807) is 22.1 Å². The molecule has 1 N–H and O–H groups in total. The van der Waals surface area contributed by atoms with Crippen molar-refractivity contribution in [3.05, 3.63) is 48.2 Å². The lowest BCUT2D eigenvalue weighted by Gasteiger charge is -2.34. The minimum Gasteiger partial charge on any atom is -0.447 e. The van der Waals surface area contributed by atoms with Crippen LogP contribution < -0.4 is 10.2 Å². The predicted octanol–water partition coefficient (Wildman–Crippen LogP) is 4.85. The maximum atomic E-state index is 12.6. The number of benzene rings is 1. The van der Waals surface area contributed by atoms with Crippen LogP contribution in [0, 0.1) is 5.92 Å². The zero-order valence-corrected chi connectivity index (χ0v) is 22.9. The minimum absolute atomic E-state index is 0.0808. The summed E-state index contributed by atoms with van der Waals surface area (Å²) < 4.78 is 16.9. The van der Waals surface area contributed by atoms with Crippen molar-refractivity contribution in [2.24, 2.45) is 5.92 Å². The van der Waals surface area contributed by atoms with Gasteiger partial charge in [0.2, 0.25) is 5.95 Å². The second-order valence-corrected chi connectivity index (χ2v) is 11.0. The monoisotopic (exact) mass is 525 g/mol. The fraction of sp³-hybridized carbons (Fsp3) is 0.571. The van der Waals surface area contributed by atoms with Crippen LogP contribution in [0.2, 0.25) is 0 Å². The first-order valence-corrected chi connectivity index (χ1v) is 13.3. The topological polar surface area (TPSA) is 106 Å². The van der Waals surface area contributed by atoms with Crippen molar-refractivity contribution in [3.63, 3.8) is 0 Å². The molecule has 0 radical (unpaired) electrons. The van der Waals surface area contributed by atoms with Gasteiger partial charge in [0.15, 0.2) is 0 Å². The summed E-state index contributed by atoms with van der Waals surface area (Å²) in [4.78, 5) is 37.4. The number of piperidine rings is 1. The number of cyclic esters (lactones) is 1. The Hall–Kier alpha value is -3.40. The van der Waals surface area contributed by atoms with E-state index in [0.29, 0.717) is 30.8 Å². The van der Waals surface area contributed by atoms with Crippen molar-refractivity contribution < 1.29 is 23.8 Å². The standard InChI is InChI=1S/C28H39N5O5/c1-19(22-12-15-32(16-13-22)26(34)36-17-21-9-7-6-8-10-21)30-25-29-14-11-24(31-25)33-23(18-37-27(33)35)20(2)38-28(3,4)5/h6-11,14,19-20,22-23H,12-13,15-18H2,1-5H3,(H,29,30,31)/t19-,20+,23?/m0/s1. The van der Waals surface area contributed by atoms with Crippen molar-refractivity contribution in [1.82, 2.24) is 14.9 Å². The third-order valence-corrected chi connectivity index (χ3v) is 6.94. The van der Waals surface area contributed by atoms with Crippen molar-refractivity contribution in [2.45, 2.75) is 77.9 Å². The van der Waals surface area contributed by atoms with E-state index in [1.807, 2.05) is 58.0 Å². The molecule has 3 atom stereocenters. The average molecular weight is 526 g/mol. The summed E-state index contributed by atoms with van der Waals surface area (Å²) in [5.74, 6) is 1.26. The maximum Gasteiger partial charge on any atom is 0.416 e. The van der Waals surface area contributed by atoms with Crippen LogP contribution >= 0.6 is 0 Å². The quantitative estimate of drug-likeness (QED) is 0.521. The Morgan fingerprint density at radius 3 is 2.55 bits per heavy atom. The number of nitrogens with zero attached hydrogens (tertiary/aromatic N) is 4. The SMILES string of the molecule is C[C@H](Nc1nccc(N2C(=O)OCC2[C@@H](C)OC(C)(C)C)n1)C1CCN(C(=O)OCc2ccccc2)CC1. The fourth-order valence-electron chi connectivity index (χ4n) is 4.95. The third kappa shape index (κ3) is 7.12. The Labute approximate surface area is 224 Å². The number of hydrogen-bond acceptors (Lipinski definition) is 8. The molecule has 2 amide bonds. The number of ether oxygens (including phenoxy) is 3. The molecule has 206 valence electrons. The van der Waals surface area contributed by atoms with Crippen LogP contribution in [-0.4, -0.2) is 70.5 Å². The highest BCUT2D eigenvalue weighted by Gasteiger charge is 2.40. The molecule has 1 aromatic carbocycles. The first kappa shape index (κ1) is 27.6. The van der Waals surface area contributed by atoms with Gasteiger partial charge in [0.1, 0.15) is 25.1 Å². The number of anilines is 2. The number of rotatable bonds is 8. The summed E-state index contributed by atoms with van der Waals surface area (Å²) in [5, 5.41) is 3.40. The zero-order valence-electron chi connectivity index (χ0n) is 22.9. The van der Waals surface area contributed by atoms with Crippen LogP contribution in [0.25, 0.3) is 0 Å². The molecule has 0 saturated carbocycles. The summed E-state index contributed by atoms with van der Waals surface area (Å²) in [6.07, 6.45) is 2.37. The van der Waals surface area contributed by atoms with Crippen LogP contribution in [-0.2, 0) is 20.8 Å². The molecule has 0 aliphatic carbocycles. The molecule has 10 nitrogen and oxygen atoms in total. The molecule has 38 heavy (non-hydrogen) atoms. The van der Waals surface area contributed by atoms with Gasteiger partial charge in [-0.05, 0) is 65.0 Å². The Morgan fingerprint density at radius 2 is 1.87 bits per heavy atom. The van der Waals surface area contributed by atoms with E-state index in [0.717, 1.165) is 18.4 Å². The van der Waals surface area contributed by atoms with E-state index in [9.17, 15) is 9.59 Å². The number of carbonyl (C=O) groups is 2. The van der Waals surface area contributed by atoms with E-state index in [-0.39, 0.29) is 43.1 Å². The van der Waals surface area contributed by atoms with Gasteiger partial charge < -0.3 is 24.4 Å². The minimum atomic E-state index is -0.441. The van der Waals surface area contributed by atoms with Crippen LogP contribution in [0.5, 0.6) is 0 Å². The van der Waals surface area contributed by atoms with Crippen molar-refractivity contribution in [1.29, 1.82) is 0 Å². The normalized spacial score (nSPS) is 20.1. The predicted molar refractivity (Wildman–Crippen MR) is 144 cm³/mol. The second-order valence-electron chi connectivity index (χ2n) is 11.0. The number of hydrogen-bond donors (Lipinski definition) is 1. The molecule has 4 rings (SSSR count). The molecular formula is C28H39N5O5. The van der Waals surface area contributed by atoms with E-state index in [1.165, 1.54) is 0 Å². The Bertz CT molecular complexity index is 1080. The van der Waals surface area contributed by atoms with Gasteiger partial charge in [-0.1, -0.05) is 30.3 Å². The second kappa shape index (κ2) is 12.0. The van der Waals surface area contributed by atoms with Crippen LogP contribution in [0.15, 0.2) is 42.6 Å². The van der Waals surface area contributed by atoms with Gasteiger partial charge in [-0.3, -0.25) is 4.90 Å². The highest BCUT2D eigenvalue weighted by atomic mass is 16.6. The average Bonchev–Trinajstić information content (AvgIpc) is 3.28. The van der Waals surface area contributed by atoms with E-state index >= 15 is 0 Å². The molecule has 0 spiro atoms. The number of likely N-dealkylation sites (tertiary alicyclic amines) is 1. The number of amides is 2. The molecule has 2 fully saturated rings. The van der Waals surface area contributed by atoms with Gasteiger partial charge in [0.05, 0.1) is 11.7 Å². The zero-order chi connectivity index (χ0) is 27.3. The van der Waals surface area contributed by atoms with Crippen molar-refractivity contribution >= 4 is 24.0 Å². The molecule has 1 unspecified atom stereocenters. The van der Waals surface area contributed by atoms with Crippen molar-refractivity contribution in [2.75, 3.05) is 29.9 Å². The molecule has 0 bridgehead atoms. The van der Waals surface area contributed by atoms with Gasteiger partial charge in [-0.15, -0.1) is 0 Å². The maximum absolute atomic E-state index is 12.6. The molecule has 2 saturated heterocycles. The van der Waals surface area contributed by atoms with Gasteiger partial charge in [0.25, 0.3) is 0 Å². The van der Waals surface area contributed by atoms with E-state index < -0.39 is 6.09 Å². The number of aromatic nitrogens is 2. The lowest BCUT2D eigenvalue weighted by molar-refractivity contribution is -0.0618. The molecular weight excluding hydrogens is 486 g/mol. The summed E-state index contributed by atoms with van der Waals surface area (Å²) >= 11 is 0. The Balaban J connectivity index is 1.31. The fourth-order valence-corrected chi connectivity index (χ4v) is 4.95. The van der Waals surface area contributed by atoms with Crippen LogP contribution in [0.1, 0.15) is 53.0 Å². The van der Waals surface area contributed by atoms with Crippen LogP contribution in [0.4, 0.5) is 21.4 Å². The van der Waals surface area contributed by atoms with E-state index in [4.69, 9.17) is 14.2 Å². The van der Waals surface area contributed by atoms with Gasteiger partial charge in [-0.2, -0.15) is 4.98 Å². The molecule has 2 aliphatic heterocycles. The van der Waals surface area contributed by atoms with E-state index in [2.05, 4.69) is 22.2 Å². The molecule has 10 heteroatoms. The smallest absolute Gasteiger partial charge is 0.416 e. The summed E-state index contributed by atoms with van der Waals surface area (Å²) in [6.45, 7) is 11.8. The lowest BCUT2D eigenvalue weighted by Crippen LogP contribution is -2.45. The lowest BCUT2D eigenvalue weighted by atomic mass is 9.90. The van der Waals surface area contributed by atoms with Gasteiger partial charge in [-0.25, -0.2) is 14.6 Å². The Morgan fingerprint density at radius 1 is 1.16 bits per heavy atom. The first-order valence-electron chi connectivity index (χ1n) is 13.3. The highest BCUT2D eigenvalue weighted by molar-refractivity contribution is 5.89. The number of carbonyl (C=O) groups excluding carboxylic acids is 2. The Kier molecular flexibility index (Phi) is 8.71. The molecule has 1 aromatic heterocycles. The highest BCUT2D eigenvalue weighted by Crippen LogP contribution is 2.28.